The molecule has 104 valence electrons. The van der Waals surface area contributed by atoms with Crippen molar-refractivity contribution in [3.8, 4) is 0 Å². The molecule has 2 rings (SSSR count). The first-order valence-corrected chi connectivity index (χ1v) is 7.16. The van der Waals surface area contributed by atoms with Crippen molar-refractivity contribution in [2.75, 3.05) is 14.1 Å². The Morgan fingerprint density at radius 2 is 1.50 bits per heavy atom. The van der Waals surface area contributed by atoms with Crippen LogP contribution in [-0.4, -0.2) is 18.6 Å². The van der Waals surface area contributed by atoms with E-state index in [0.29, 0.717) is 6.04 Å². The van der Waals surface area contributed by atoms with Gasteiger partial charge in [0.05, 0.1) is 14.1 Å². The minimum atomic E-state index is 0.439. The third kappa shape index (κ3) is 3.58. The molecule has 0 heterocycles. The van der Waals surface area contributed by atoms with Crippen molar-refractivity contribution in [2.45, 2.75) is 19.0 Å². The zero-order chi connectivity index (χ0) is 14.4. The molecule has 0 spiro atoms. The second kappa shape index (κ2) is 6.53. The molecule has 0 aliphatic carbocycles. The van der Waals surface area contributed by atoms with E-state index in [1.54, 1.807) is 0 Å². The van der Waals surface area contributed by atoms with Gasteiger partial charge in [0.1, 0.15) is 12.6 Å². The standard InChI is InChI=1S/C19H24N/c1-4-11-19(18-14-9-6-10-15-18)20(2,3)16-17-12-7-5-8-13-17/h4-10,12-15,19H,1,11,16H2,2-3H3/q+1. The summed E-state index contributed by atoms with van der Waals surface area (Å²) in [6.07, 6.45) is 3.02. The molecule has 0 aromatic heterocycles. The Labute approximate surface area is 122 Å². The fourth-order valence-corrected chi connectivity index (χ4v) is 2.82. The van der Waals surface area contributed by atoms with Crippen LogP contribution in [0.25, 0.3) is 0 Å². The maximum Gasteiger partial charge on any atom is 0.118 e. The maximum absolute atomic E-state index is 3.94. The summed E-state index contributed by atoms with van der Waals surface area (Å²) in [6.45, 7) is 4.96. The summed E-state index contributed by atoms with van der Waals surface area (Å²) in [7, 11) is 4.60. The van der Waals surface area contributed by atoms with Crippen molar-refractivity contribution in [3.05, 3.63) is 84.4 Å². The van der Waals surface area contributed by atoms with Gasteiger partial charge in [-0.05, 0) is 0 Å². The van der Waals surface area contributed by atoms with E-state index in [4.69, 9.17) is 0 Å². The second-order valence-electron chi connectivity index (χ2n) is 5.87. The number of nitrogens with zero attached hydrogens (tertiary/aromatic N) is 1. The Hall–Kier alpha value is -1.86. The van der Waals surface area contributed by atoms with Gasteiger partial charge in [-0.3, -0.25) is 0 Å². The lowest BCUT2D eigenvalue weighted by molar-refractivity contribution is -0.933. The van der Waals surface area contributed by atoms with E-state index in [-0.39, 0.29) is 0 Å². The van der Waals surface area contributed by atoms with Crippen LogP contribution in [0.1, 0.15) is 23.6 Å². The van der Waals surface area contributed by atoms with Crippen LogP contribution >= 0.6 is 0 Å². The van der Waals surface area contributed by atoms with E-state index in [1.165, 1.54) is 11.1 Å². The Morgan fingerprint density at radius 3 is 2.05 bits per heavy atom. The number of quaternary nitrogens is 1. The Kier molecular flexibility index (Phi) is 4.75. The van der Waals surface area contributed by atoms with Gasteiger partial charge in [-0.1, -0.05) is 66.7 Å². The van der Waals surface area contributed by atoms with Gasteiger partial charge in [0.2, 0.25) is 0 Å². The highest BCUT2D eigenvalue weighted by Gasteiger charge is 2.28. The molecule has 0 amide bonds. The average molecular weight is 266 g/mol. The molecule has 0 saturated heterocycles. The number of hydrogen-bond donors (Lipinski definition) is 0. The predicted octanol–water partition coefficient (Wildman–Crippen LogP) is 4.58. The van der Waals surface area contributed by atoms with E-state index < -0.39 is 0 Å². The van der Waals surface area contributed by atoms with Crippen molar-refractivity contribution in [1.29, 1.82) is 0 Å². The van der Waals surface area contributed by atoms with Crippen molar-refractivity contribution in [3.63, 3.8) is 0 Å². The molecule has 0 radical (unpaired) electrons. The first kappa shape index (κ1) is 14.5. The lowest BCUT2D eigenvalue weighted by Gasteiger charge is -2.38. The van der Waals surface area contributed by atoms with E-state index in [9.17, 15) is 0 Å². The van der Waals surface area contributed by atoms with Crippen LogP contribution in [0.2, 0.25) is 0 Å². The topological polar surface area (TPSA) is 0 Å². The van der Waals surface area contributed by atoms with Gasteiger partial charge in [0.15, 0.2) is 0 Å². The summed E-state index contributed by atoms with van der Waals surface area (Å²) in [4.78, 5) is 0. The van der Waals surface area contributed by atoms with E-state index >= 15 is 0 Å². The van der Waals surface area contributed by atoms with E-state index in [1.807, 2.05) is 6.08 Å². The molecule has 2 aromatic rings. The number of benzene rings is 2. The summed E-state index contributed by atoms with van der Waals surface area (Å²) < 4.78 is 0.931. The molecule has 0 aliphatic rings. The fourth-order valence-electron chi connectivity index (χ4n) is 2.82. The predicted molar refractivity (Wildman–Crippen MR) is 86.3 cm³/mol. The molecule has 0 aliphatic heterocycles. The number of hydrogen-bond acceptors (Lipinski definition) is 0. The molecule has 1 heteroatoms. The van der Waals surface area contributed by atoms with Crippen LogP contribution in [0.15, 0.2) is 73.3 Å². The van der Waals surface area contributed by atoms with Crippen molar-refractivity contribution >= 4 is 0 Å². The van der Waals surface area contributed by atoms with E-state index in [0.717, 1.165) is 17.4 Å². The quantitative estimate of drug-likeness (QED) is 0.530. The van der Waals surface area contributed by atoms with Gasteiger partial charge in [-0.15, -0.1) is 6.58 Å². The Balaban J connectivity index is 2.25. The molecule has 1 nitrogen and oxygen atoms in total. The molecule has 2 aromatic carbocycles. The second-order valence-corrected chi connectivity index (χ2v) is 5.87. The Morgan fingerprint density at radius 1 is 0.950 bits per heavy atom. The van der Waals surface area contributed by atoms with Crippen molar-refractivity contribution < 1.29 is 4.48 Å². The van der Waals surface area contributed by atoms with Gasteiger partial charge in [0, 0.05) is 17.5 Å². The molecule has 20 heavy (non-hydrogen) atoms. The van der Waals surface area contributed by atoms with Crippen LogP contribution in [0, 0.1) is 0 Å². The normalized spacial score (nSPS) is 12.9. The summed E-state index contributed by atoms with van der Waals surface area (Å²) in [5.41, 5.74) is 2.76. The van der Waals surface area contributed by atoms with Gasteiger partial charge in [0.25, 0.3) is 0 Å². The Bertz CT molecular complexity index is 528. The molecule has 0 saturated carbocycles. The number of rotatable bonds is 6. The fraction of sp³-hybridized carbons (Fsp3) is 0.263. The van der Waals surface area contributed by atoms with Crippen LogP contribution in [0.3, 0.4) is 0 Å². The molecule has 1 unspecified atom stereocenters. The van der Waals surface area contributed by atoms with Crippen LogP contribution in [-0.2, 0) is 6.54 Å². The molecule has 0 bridgehead atoms. The third-order valence-electron chi connectivity index (χ3n) is 3.85. The molecule has 0 fully saturated rings. The molecule has 0 N–H and O–H groups in total. The monoisotopic (exact) mass is 266 g/mol. The smallest absolute Gasteiger partial charge is 0.118 e. The first-order chi connectivity index (χ1) is 9.63. The summed E-state index contributed by atoms with van der Waals surface area (Å²) in [6, 6.07) is 21.9. The van der Waals surface area contributed by atoms with Gasteiger partial charge in [-0.25, -0.2) is 0 Å². The van der Waals surface area contributed by atoms with Crippen molar-refractivity contribution in [2.24, 2.45) is 0 Å². The average Bonchev–Trinajstić information content (AvgIpc) is 2.46. The largest absolute Gasteiger partial charge is 0.318 e. The van der Waals surface area contributed by atoms with Crippen LogP contribution < -0.4 is 0 Å². The first-order valence-electron chi connectivity index (χ1n) is 7.16. The highest BCUT2D eigenvalue weighted by atomic mass is 15.3. The zero-order valence-electron chi connectivity index (χ0n) is 12.5. The van der Waals surface area contributed by atoms with Gasteiger partial charge >= 0.3 is 0 Å². The molecular weight excluding hydrogens is 242 g/mol. The van der Waals surface area contributed by atoms with Crippen LogP contribution in [0.4, 0.5) is 0 Å². The lowest BCUT2D eigenvalue weighted by atomic mass is 9.99. The third-order valence-corrected chi connectivity index (χ3v) is 3.85. The van der Waals surface area contributed by atoms with Crippen molar-refractivity contribution in [1.82, 2.24) is 0 Å². The van der Waals surface area contributed by atoms with E-state index in [2.05, 4.69) is 81.3 Å². The highest BCUT2D eigenvalue weighted by Crippen LogP contribution is 2.30. The minimum absolute atomic E-state index is 0.439. The summed E-state index contributed by atoms with van der Waals surface area (Å²) in [5.74, 6) is 0. The highest BCUT2D eigenvalue weighted by molar-refractivity contribution is 5.19. The van der Waals surface area contributed by atoms with Gasteiger partial charge in [-0.2, -0.15) is 0 Å². The van der Waals surface area contributed by atoms with Crippen LogP contribution in [0.5, 0.6) is 0 Å². The lowest BCUT2D eigenvalue weighted by Crippen LogP contribution is -2.42. The minimum Gasteiger partial charge on any atom is -0.318 e. The summed E-state index contributed by atoms with van der Waals surface area (Å²) in [5, 5.41) is 0. The summed E-state index contributed by atoms with van der Waals surface area (Å²) >= 11 is 0. The van der Waals surface area contributed by atoms with Gasteiger partial charge < -0.3 is 4.48 Å². The molecule has 1 atom stereocenters. The maximum atomic E-state index is 3.94. The SMILES string of the molecule is C=CCC(c1ccccc1)[N+](C)(C)Cc1ccccc1. The zero-order valence-corrected chi connectivity index (χ0v) is 12.5. The molecular formula is C19H24N+.